The van der Waals surface area contributed by atoms with E-state index in [0.717, 1.165) is 33.8 Å². The highest BCUT2D eigenvalue weighted by atomic mass is 32.2. The van der Waals surface area contributed by atoms with Gasteiger partial charge in [0.1, 0.15) is 11.5 Å². The van der Waals surface area contributed by atoms with Crippen molar-refractivity contribution in [3.05, 3.63) is 114 Å². The van der Waals surface area contributed by atoms with Crippen molar-refractivity contribution in [1.82, 2.24) is 0 Å². The summed E-state index contributed by atoms with van der Waals surface area (Å²) in [5, 5.41) is 5.29. The maximum atomic E-state index is 13.5. The number of amides is 2. The fourth-order valence-electron chi connectivity index (χ4n) is 3.77. The predicted molar refractivity (Wildman–Crippen MR) is 141 cm³/mol. The molecule has 5 rings (SSSR count). The number of carbonyl (C=O) groups is 2. The summed E-state index contributed by atoms with van der Waals surface area (Å²) in [7, 11) is 0. The third-order valence-electron chi connectivity index (χ3n) is 5.41. The van der Waals surface area contributed by atoms with Gasteiger partial charge in [-0.2, -0.15) is 0 Å². The molecule has 4 aromatic carbocycles. The monoisotopic (exact) mass is 481 g/mol. The molecule has 2 amide bonds. The molecule has 172 valence electrons. The van der Waals surface area contributed by atoms with Crippen molar-refractivity contribution in [3.8, 4) is 0 Å². The molecule has 0 fully saturated rings. The number of thioether (sulfide) groups is 1. The number of rotatable bonds is 5. The first-order valence-electron chi connectivity index (χ1n) is 10.9. The van der Waals surface area contributed by atoms with Gasteiger partial charge < -0.3 is 5.32 Å². The number of anilines is 2. The van der Waals surface area contributed by atoms with Crippen LogP contribution in [0, 0.1) is 5.82 Å². The van der Waals surface area contributed by atoms with Gasteiger partial charge in [-0.25, -0.2) is 9.38 Å². The number of hydrogen-bond donors (Lipinski definition) is 1. The molecule has 35 heavy (non-hydrogen) atoms. The van der Waals surface area contributed by atoms with Crippen molar-refractivity contribution in [3.63, 3.8) is 0 Å². The maximum Gasteiger partial charge on any atom is 0.283 e. The van der Waals surface area contributed by atoms with Crippen LogP contribution < -0.4 is 10.2 Å². The highest BCUT2D eigenvalue weighted by Gasteiger charge is 2.32. The Bertz CT molecular complexity index is 1460. The normalized spacial score (nSPS) is 14.4. The number of nitrogens with zero attached hydrogens (tertiary/aromatic N) is 2. The number of nitrogens with one attached hydrogen (secondary N) is 1. The largest absolute Gasteiger partial charge is 0.325 e. The molecule has 7 heteroatoms. The van der Waals surface area contributed by atoms with Crippen molar-refractivity contribution in [1.29, 1.82) is 0 Å². The number of hydrogen-bond acceptors (Lipinski definition) is 4. The van der Waals surface area contributed by atoms with E-state index in [1.54, 1.807) is 6.08 Å². The van der Waals surface area contributed by atoms with E-state index in [2.05, 4.69) is 10.3 Å². The molecule has 0 atom stereocenters. The van der Waals surface area contributed by atoms with Gasteiger partial charge in [-0.15, -0.1) is 0 Å². The molecule has 1 aliphatic heterocycles. The van der Waals surface area contributed by atoms with E-state index in [1.807, 2.05) is 72.8 Å². The summed E-state index contributed by atoms with van der Waals surface area (Å²) in [5.74, 6) is -0.912. The zero-order valence-corrected chi connectivity index (χ0v) is 19.3. The van der Waals surface area contributed by atoms with Crippen LogP contribution in [0.5, 0.6) is 0 Å². The summed E-state index contributed by atoms with van der Waals surface area (Å²) in [6.07, 6.45) is 1.70. The summed E-state index contributed by atoms with van der Waals surface area (Å²) < 4.78 is 13.5. The molecule has 0 saturated carbocycles. The Labute approximate surface area is 206 Å². The molecule has 1 heterocycles. The van der Waals surface area contributed by atoms with E-state index in [0.29, 0.717) is 10.9 Å². The van der Waals surface area contributed by atoms with Gasteiger partial charge in [-0.1, -0.05) is 78.5 Å². The van der Waals surface area contributed by atoms with Crippen LogP contribution in [0.4, 0.5) is 15.8 Å². The molecule has 0 aliphatic carbocycles. The van der Waals surface area contributed by atoms with Gasteiger partial charge in [0.25, 0.3) is 5.91 Å². The van der Waals surface area contributed by atoms with Gasteiger partial charge in [0, 0.05) is 11.1 Å². The topological polar surface area (TPSA) is 61.8 Å². The third kappa shape index (κ3) is 5.00. The summed E-state index contributed by atoms with van der Waals surface area (Å²) in [6.45, 7) is 0. The van der Waals surface area contributed by atoms with Gasteiger partial charge in [0.15, 0.2) is 5.17 Å². The quantitative estimate of drug-likeness (QED) is 0.351. The van der Waals surface area contributed by atoms with Crippen LogP contribution in [0.3, 0.4) is 0 Å². The number of carbonyl (C=O) groups excluding carboxylic acids is 2. The van der Waals surface area contributed by atoms with Gasteiger partial charge in [0.2, 0.25) is 5.91 Å². The molecule has 5 nitrogen and oxygen atoms in total. The average molecular weight is 482 g/mol. The minimum Gasteiger partial charge on any atom is -0.325 e. The van der Waals surface area contributed by atoms with Crippen LogP contribution in [0.25, 0.3) is 16.8 Å². The Hall–Kier alpha value is -4.23. The SMILES string of the molecule is O=C(CSC1=NC(=Cc2ccccc2)C(=O)N1c1ccc(F)cc1)Nc1cccc2ccccc12. The number of aliphatic imine (C=N–C) groups is 1. The van der Waals surface area contributed by atoms with E-state index >= 15 is 0 Å². The van der Waals surface area contributed by atoms with Crippen LogP contribution in [0.1, 0.15) is 5.56 Å². The van der Waals surface area contributed by atoms with Crippen molar-refractivity contribution in [2.45, 2.75) is 0 Å². The van der Waals surface area contributed by atoms with Crippen molar-refractivity contribution >= 4 is 57.0 Å². The highest BCUT2D eigenvalue weighted by molar-refractivity contribution is 8.14. The van der Waals surface area contributed by atoms with Gasteiger partial charge in [-0.05, 0) is 47.4 Å². The first-order chi connectivity index (χ1) is 17.1. The highest BCUT2D eigenvalue weighted by Crippen LogP contribution is 2.30. The Morgan fingerprint density at radius 1 is 0.914 bits per heavy atom. The van der Waals surface area contributed by atoms with Crippen LogP contribution >= 0.6 is 11.8 Å². The lowest BCUT2D eigenvalue weighted by atomic mass is 10.1. The van der Waals surface area contributed by atoms with Crippen LogP contribution in [-0.4, -0.2) is 22.7 Å². The first kappa shape index (κ1) is 22.6. The lowest BCUT2D eigenvalue weighted by Crippen LogP contribution is -2.31. The molecule has 0 aromatic heterocycles. The summed E-state index contributed by atoms with van der Waals surface area (Å²) in [4.78, 5) is 31.9. The van der Waals surface area contributed by atoms with Crippen LogP contribution in [0.2, 0.25) is 0 Å². The summed E-state index contributed by atoms with van der Waals surface area (Å²) in [5.41, 5.74) is 2.28. The minimum absolute atomic E-state index is 0.0473. The fraction of sp³-hybridized carbons (Fsp3) is 0.0357. The Kier molecular flexibility index (Phi) is 6.41. The second-order valence-electron chi connectivity index (χ2n) is 7.82. The zero-order valence-electron chi connectivity index (χ0n) is 18.5. The lowest BCUT2D eigenvalue weighted by molar-refractivity contribution is -0.114. The molecule has 4 aromatic rings. The van der Waals surface area contributed by atoms with Crippen molar-refractivity contribution < 1.29 is 14.0 Å². The minimum atomic E-state index is -0.402. The molecule has 1 N–H and O–H groups in total. The molecule has 0 unspecified atom stereocenters. The van der Waals surface area contributed by atoms with E-state index in [9.17, 15) is 14.0 Å². The van der Waals surface area contributed by atoms with E-state index < -0.39 is 5.82 Å². The zero-order chi connectivity index (χ0) is 24.2. The smallest absolute Gasteiger partial charge is 0.283 e. The van der Waals surface area contributed by atoms with Gasteiger partial charge in [-0.3, -0.25) is 14.5 Å². The average Bonchev–Trinajstić information content (AvgIpc) is 3.19. The van der Waals surface area contributed by atoms with Gasteiger partial charge in [0.05, 0.1) is 11.4 Å². The Morgan fingerprint density at radius 2 is 1.63 bits per heavy atom. The molecular weight excluding hydrogens is 461 g/mol. The number of amidine groups is 1. The Morgan fingerprint density at radius 3 is 2.43 bits per heavy atom. The van der Waals surface area contributed by atoms with Crippen LogP contribution in [-0.2, 0) is 9.59 Å². The van der Waals surface area contributed by atoms with E-state index in [-0.39, 0.29) is 23.3 Å². The van der Waals surface area contributed by atoms with Gasteiger partial charge >= 0.3 is 0 Å². The fourth-order valence-corrected chi connectivity index (χ4v) is 4.58. The number of benzene rings is 4. The first-order valence-corrected chi connectivity index (χ1v) is 11.9. The molecule has 1 aliphatic rings. The summed E-state index contributed by atoms with van der Waals surface area (Å²) in [6, 6.07) is 28.6. The second kappa shape index (κ2) is 9.95. The molecule has 0 spiro atoms. The molecule has 0 bridgehead atoms. The van der Waals surface area contributed by atoms with E-state index in [4.69, 9.17) is 0 Å². The number of halogens is 1. The Balaban J connectivity index is 1.38. The standard InChI is InChI=1S/C28H20FN3O2S/c29-21-13-15-22(16-14-21)32-27(34)25(17-19-7-2-1-3-8-19)31-28(32)35-18-26(33)30-24-12-6-10-20-9-4-5-11-23(20)24/h1-17H,18H2,(H,30,33). The molecular formula is C28H20FN3O2S. The van der Waals surface area contributed by atoms with Crippen LogP contribution in [0.15, 0.2) is 108 Å². The van der Waals surface area contributed by atoms with Crippen molar-refractivity contribution in [2.24, 2.45) is 4.99 Å². The lowest BCUT2D eigenvalue weighted by Gasteiger charge is -2.17. The second-order valence-corrected chi connectivity index (χ2v) is 8.76. The predicted octanol–water partition coefficient (Wildman–Crippen LogP) is 6.09. The van der Waals surface area contributed by atoms with E-state index in [1.165, 1.54) is 29.2 Å². The third-order valence-corrected chi connectivity index (χ3v) is 6.35. The maximum absolute atomic E-state index is 13.5. The van der Waals surface area contributed by atoms with Crippen molar-refractivity contribution in [2.75, 3.05) is 16.0 Å². The number of fused-ring (bicyclic) bond motifs is 1. The molecule has 0 saturated heterocycles. The summed E-state index contributed by atoms with van der Waals surface area (Å²) >= 11 is 1.15. The molecule has 0 radical (unpaired) electrons.